The van der Waals surface area contributed by atoms with Crippen molar-refractivity contribution in [3.63, 3.8) is 0 Å². The largest absolute Gasteiger partial charge is 0.508 e. The Hall–Kier alpha value is -1.26. The summed E-state index contributed by atoms with van der Waals surface area (Å²) in [6.07, 6.45) is 0. The lowest BCUT2D eigenvalue weighted by Gasteiger charge is -2.11. The molecule has 0 saturated heterocycles. The van der Waals surface area contributed by atoms with E-state index in [0.29, 0.717) is 10.6 Å². The highest BCUT2D eigenvalue weighted by Gasteiger charge is 2.12. The van der Waals surface area contributed by atoms with Crippen molar-refractivity contribution in [2.45, 2.75) is 19.5 Å². The van der Waals surface area contributed by atoms with Crippen molar-refractivity contribution >= 4 is 17.6 Å². The van der Waals surface area contributed by atoms with Gasteiger partial charge in [0.1, 0.15) is 11.8 Å². The predicted octanol–water partition coefficient (Wildman–Crippen LogP) is 1.61. The van der Waals surface area contributed by atoms with E-state index in [9.17, 15) is 9.90 Å². The van der Waals surface area contributed by atoms with Crippen molar-refractivity contribution in [2.24, 2.45) is 0 Å². The molecule has 0 heterocycles. The molecule has 0 aliphatic carbocycles. The Morgan fingerprint density at radius 3 is 2.80 bits per heavy atom. The molecule has 0 saturated carbocycles. The van der Waals surface area contributed by atoms with Crippen LogP contribution in [0.1, 0.15) is 12.5 Å². The maximum Gasteiger partial charge on any atom is 0.320 e. The molecule has 1 unspecified atom stereocenters. The lowest BCUT2D eigenvalue weighted by atomic mass is 10.2. The van der Waals surface area contributed by atoms with E-state index >= 15 is 0 Å². The number of rotatable bonds is 4. The second-order valence-electron chi connectivity index (χ2n) is 3.18. The number of hydrogen-bond donors (Lipinski definition) is 3. The molecule has 1 atom stereocenters. The van der Waals surface area contributed by atoms with Crippen LogP contribution in [0.2, 0.25) is 5.02 Å². The number of aliphatic carboxylic acids is 1. The molecule has 1 aromatic rings. The van der Waals surface area contributed by atoms with Crippen LogP contribution >= 0.6 is 11.6 Å². The van der Waals surface area contributed by atoms with Crippen molar-refractivity contribution in [1.29, 1.82) is 0 Å². The van der Waals surface area contributed by atoms with E-state index in [0.717, 1.165) is 0 Å². The quantitative estimate of drug-likeness (QED) is 0.734. The van der Waals surface area contributed by atoms with E-state index in [2.05, 4.69) is 5.32 Å². The number of carbonyl (C=O) groups is 1. The van der Waals surface area contributed by atoms with Crippen molar-refractivity contribution < 1.29 is 15.0 Å². The van der Waals surface area contributed by atoms with E-state index in [-0.39, 0.29) is 12.3 Å². The molecule has 3 N–H and O–H groups in total. The number of benzene rings is 1. The zero-order valence-electron chi connectivity index (χ0n) is 8.20. The van der Waals surface area contributed by atoms with Gasteiger partial charge in [0.15, 0.2) is 0 Å². The topological polar surface area (TPSA) is 69.6 Å². The smallest absolute Gasteiger partial charge is 0.320 e. The Kier molecular flexibility index (Phi) is 3.94. The number of phenols is 1. The Labute approximate surface area is 92.5 Å². The summed E-state index contributed by atoms with van der Waals surface area (Å²) in [4.78, 5) is 10.5. The molecule has 1 rings (SSSR count). The first-order valence-electron chi connectivity index (χ1n) is 4.45. The summed E-state index contributed by atoms with van der Waals surface area (Å²) in [6.45, 7) is 1.75. The molecule has 82 valence electrons. The first-order chi connectivity index (χ1) is 7.02. The minimum Gasteiger partial charge on any atom is -0.508 e. The highest BCUT2D eigenvalue weighted by molar-refractivity contribution is 6.31. The third kappa shape index (κ3) is 3.11. The van der Waals surface area contributed by atoms with Gasteiger partial charge in [0.05, 0.1) is 0 Å². The van der Waals surface area contributed by atoms with Crippen LogP contribution in [0.25, 0.3) is 0 Å². The Morgan fingerprint density at radius 2 is 2.27 bits per heavy atom. The molecule has 0 fully saturated rings. The van der Waals surface area contributed by atoms with Crippen LogP contribution in [-0.4, -0.2) is 22.2 Å². The van der Waals surface area contributed by atoms with E-state index in [1.54, 1.807) is 12.1 Å². The fourth-order valence-corrected chi connectivity index (χ4v) is 1.30. The Bertz CT molecular complexity index is 347. The molecule has 0 spiro atoms. The van der Waals surface area contributed by atoms with Gasteiger partial charge in [-0.25, -0.2) is 0 Å². The normalized spacial score (nSPS) is 12.4. The summed E-state index contributed by atoms with van der Waals surface area (Å²) in [6, 6.07) is 4.10. The van der Waals surface area contributed by atoms with Crippen LogP contribution in [-0.2, 0) is 11.3 Å². The van der Waals surface area contributed by atoms with E-state index in [4.69, 9.17) is 16.7 Å². The summed E-state index contributed by atoms with van der Waals surface area (Å²) in [5.74, 6) is -0.880. The number of halogens is 1. The molecule has 0 aliphatic rings. The number of carboxylic acid groups (broad SMARTS) is 1. The average Bonchev–Trinajstić information content (AvgIpc) is 2.16. The number of aromatic hydroxyl groups is 1. The number of nitrogens with one attached hydrogen (secondary N) is 1. The monoisotopic (exact) mass is 229 g/mol. The third-order valence-corrected chi connectivity index (χ3v) is 2.40. The van der Waals surface area contributed by atoms with Gasteiger partial charge in [-0.2, -0.15) is 0 Å². The van der Waals surface area contributed by atoms with Crippen molar-refractivity contribution in [3.05, 3.63) is 28.8 Å². The first kappa shape index (κ1) is 11.8. The maximum atomic E-state index is 10.5. The highest BCUT2D eigenvalue weighted by Crippen LogP contribution is 2.24. The van der Waals surface area contributed by atoms with Gasteiger partial charge in [-0.15, -0.1) is 0 Å². The molecule has 0 aromatic heterocycles. The fourth-order valence-electron chi connectivity index (χ4n) is 1.06. The minimum atomic E-state index is -0.943. The summed E-state index contributed by atoms with van der Waals surface area (Å²) in [5.41, 5.74) is 0.507. The Morgan fingerprint density at radius 1 is 1.60 bits per heavy atom. The van der Waals surface area contributed by atoms with Gasteiger partial charge in [-0.1, -0.05) is 17.7 Å². The zero-order chi connectivity index (χ0) is 11.4. The van der Waals surface area contributed by atoms with Gasteiger partial charge in [0.25, 0.3) is 0 Å². The number of carboxylic acids is 1. The van der Waals surface area contributed by atoms with Crippen molar-refractivity contribution in [1.82, 2.24) is 5.32 Å². The van der Waals surface area contributed by atoms with Crippen LogP contribution < -0.4 is 5.32 Å². The van der Waals surface area contributed by atoms with Crippen molar-refractivity contribution in [3.8, 4) is 5.75 Å². The molecule has 0 aliphatic heterocycles. The van der Waals surface area contributed by atoms with Crippen molar-refractivity contribution in [2.75, 3.05) is 0 Å². The molecule has 0 radical (unpaired) electrons. The van der Waals surface area contributed by atoms with Gasteiger partial charge in [-0.05, 0) is 19.1 Å². The Balaban J connectivity index is 2.69. The predicted molar refractivity (Wildman–Crippen MR) is 57.1 cm³/mol. The second kappa shape index (κ2) is 5.00. The number of phenolic OH excluding ortho intramolecular Hbond substituents is 1. The standard InChI is InChI=1S/C10H12ClNO3/c1-6(10(14)15)12-5-7-8(11)3-2-4-9(7)13/h2-4,6,12-13H,5H2,1H3,(H,14,15). The lowest BCUT2D eigenvalue weighted by Crippen LogP contribution is -2.33. The first-order valence-corrected chi connectivity index (χ1v) is 4.82. The van der Waals surface area contributed by atoms with Crippen LogP contribution in [0.3, 0.4) is 0 Å². The maximum absolute atomic E-state index is 10.5. The molecule has 0 bridgehead atoms. The fraction of sp³-hybridized carbons (Fsp3) is 0.300. The van der Waals surface area contributed by atoms with Gasteiger partial charge in [-0.3, -0.25) is 4.79 Å². The average molecular weight is 230 g/mol. The second-order valence-corrected chi connectivity index (χ2v) is 3.59. The molecular formula is C10H12ClNO3. The van der Waals surface area contributed by atoms with Gasteiger partial charge < -0.3 is 15.5 Å². The minimum absolute atomic E-state index is 0.0626. The van der Waals surface area contributed by atoms with Crippen LogP contribution in [0, 0.1) is 0 Å². The molecule has 1 aromatic carbocycles. The van der Waals surface area contributed by atoms with E-state index < -0.39 is 12.0 Å². The summed E-state index contributed by atoms with van der Waals surface area (Å²) < 4.78 is 0. The SMILES string of the molecule is CC(NCc1c(O)cccc1Cl)C(=O)O. The lowest BCUT2D eigenvalue weighted by molar-refractivity contribution is -0.139. The van der Waals surface area contributed by atoms with Gasteiger partial charge >= 0.3 is 5.97 Å². The highest BCUT2D eigenvalue weighted by atomic mass is 35.5. The number of hydrogen-bond acceptors (Lipinski definition) is 3. The molecule has 4 nitrogen and oxygen atoms in total. The molecule has 15 heavy (non-hydrogen) atoms. The summed E-state index contributed by atoms with van der Waals surface area (Å²) in [5, 5.41) is 21.3. The van der Waals surface area contributed by atoms with E-state index in [1.807, 2.05) is 0 Å². The summed E-state index contributed by atoms with van der Waals surface area (Å²) >= 11 is 5.85. The van der Waals surface area contributed by atoms with Crippen LogP contribution in [0.15, 0.2) is 18.2 Å². The van der Waals surface area contributed by atoms with Gasteiger partial charge in [0.2, 0.25) is 0 Å². The summed E-state index contributed by atoms with van der Waals surface area (Å²) in [7, 11) is 0. The van der Waals surface area contributed by atoms with Crippen LogP contribution in [0.4, 0.5) is 0 Å². The van der Waals surface area contributed by atoms with E-state index in [1.165, 1.54) is 13.0 Å². The van der Waals surface area contributed by atoms with Crippen LogP contribution in [0.5, 0.6) is 5.75 Å². The van der Waals surface area contributed by atoms with Gasteiger partial charge in [0, 0.05) is 17.1 Å². The molecular weight excluding hydrogens is 218 g/mol. The third-order valence-electron chi connectivity index (χ3n) is 2.05. The molecule has 5 heteroatoms. The molecule has 0 amide bonds. The zero-order valence-corrected chi connectivity index (χ0v) is 8.95.